The first kappa shape index (κ1) is 19.2. The number of anilines is 1. The monoisotopic (exact) mass is 405 g/mol. The maximum atomic E-state index is 11.6. The van der Waals surface area contributed by atoms with E-state index in [1.165, 1.54) is 5.56 Å². The summed E-state index contributed by atoms with van der Waals surface area (Å²) in [5, 5.41) is 4.95. The Morgan fingerprint density at radius 2 is 2.07 bits per heavy atom. The molecule has 5 nitrogen and oxygen atoms in total. The van der Waals surface area contributed by atoms with Gasteiger partial charge in [-0.05, 0) is 41.8 Å². The number of carbonyl (C=O) groups is 1. The molecular formula is C23H23N3O2S. The van der Waals surface area contributed by atoms with E-state index >= 15 is 0 Å². The number of hydrogen-bond acceptors (Lipinski definition) is 4. The van der Waals surface area contributed by atoms with E-state index < -0.39 is 0 Å². The second-order valence-corrected chi connectivity index (χ2v) is 8.05. The molecule has 1 aromatic heterocycles. The molecule has 0 aliphatic carbocycles. The number of nitrogens with one attached hydrogen (secondary N) is 1. The molecule has 3 aromatic rings. The molecule has 0 saturated heterocycles. The zero-order valence-corrected chi connectivity index (χ0v) is 17.3. The number of thiazole rings is 1. The Kier molecular flexibility index (Phi) is 5.36. The fourth-order valence-electron chi connectivity index (χ4n) is 3.24. The molecule has 0 atom stereocenters. The Morgan fingerprint density at radius 1 is 1.28 bits per heavy atom. The molecule has 4 rings (SSSR count). The van der Waals surface area contributed by atoms with Crippen molar-refractivity contribution in [1.29, 1.82) is 0 Å². The van der Waals surface area contributed by atoms with E-state index in [4.69, 9.17) is 9.73 Å². The minimum atomic E-state index is -0.139. The largest absolute Gasteiger partial charge is 0.482 e. The van der Waals surface area contributed by atoms with Crippen LogP contribution in [-0.2, 0) is 11.3 Å². The highest BCUT2D eigenvalue weighted by atomic mass is 32.1. The number of aromatic nitrogens is 1. The lowest BCUT2D eigenvalue weighted by Crippen LogP contribution is -2.25. The second-order valence-electron chi connectivity index (χ2n) is 7.21. The molecule has 0 radical (unpaired) electrons. The van der Waals surface area contributed by atoms with Crippen LogP contribution >= 0.6 is 11.3 Å². The van der Waals surface area contributed by atoms with Gasteiger partial charge >= 0.3 is 0 Å². The van der Waals surface area contributed by atoms with E-state index in [-0.39, 0.29) is 12.5 Å². The highest BCUT2D eigenvalue weighted by molar-refractivity contribution is 7.07. The van der Waals surface area contributed by atoms with E-state index in [0.29, 0.717) is 23.9 Å². The van der Waals surface area contributed by atoms with Crippen LogP contribution < -0.4 is 14.9 Å². The van der Waals surface area contributed by atoms with Crippen molar-refractivity contribution < 1.29 is 9.53 Å². The number of hydrogen-bond donors (Lipinski definition) is 1. The molecule has 0 unspecified atom stereocenters. The fraction of sp³-hybridized carbons (Fsp3) is 0.217. The predicted molar refractivity (Wildman–Crippen MR) is 118 cm³/mol. The lowest BCUT2D eigenvalue weighted by molar-refractivity contribution is -0.118. The highest BCUT2D eigenvalue weighted by Gasteiger charge is 2.17. The summed E-state index contributed by atoms with van der Waals surface area (Å²) in [6, 6.07) is 14.2. The maximum absolute atomic E-state index is 11.6. The van der Waals surface area contributed by atoms with Gasteiger partial charge in [0.15, 0.2) is 11.4 Å². The molecule has 2 aromatic carbocycles. The summed E-state index contributed by atoms with van der Waals surface area (Å²) >= 11 is 1.58. The van der Waals surface area contributed by atoms with Crippen LogP contribution in [0.2, 0.25) is 0 Å². The lowest BCUT2D eigenvalue weighted by Gasteiger charge is -2.18. The molecule has 0 fully saturated rings. The average molecular weight is 406 g/mol. The second kappa shape index (κ2) is 8.09. The summed E-state index contributed by atoms with van der Waals surface area (Å²) in [7, 11) is 0. The standard InChI is InChI=1S/C23H23N3O2S/c1-4-11-26-20(17-7-10-21-19(12-17)25-22(27)13-28-21)14-29-23(26)24-18-8-5-16(6-9-18)15(2)3/h4-10,12,14-15H,1,11,13H2,2-3H3,(H,25,27). The van der Waals surface area contributed by atoms with Crippen molar-refractivity contribution in [2.24, 2.45) is 4.99 Å². The van der Waals surface area contributed by atoms with Crippen LogP contribution in [0.25, 0.3) is 11.3 Å². The van der Waals surface area contributed by atoms with Gasteiger partial charge in [0.2, 0.25) is 0 Å². The quantitative estimate of drug-likeness (QED) is 0.601. The summed E-state index contributed by atoms with van der Waals surface area (Å²) < 4.78 is 7.59. The number of fused-ring (bicyclic) bond motifs is 1. The fourth-order valence-corrected chi connectivity index (χ4v) is 4.18. The summed E-state index contributed by atoms with van der Waals surface area (Å²) in [6.45, 7) is 8.96. The Morgan fingerprint density at radius 3 is 2.79 bits per heavy atom. The molecule has 1 aliphatic heterocycles. The molecule has 148 valence electrons. The molecule has 2 heterocycles. The van der Waals surface area contributed by atoms with Crippen molar-refractivity contribution in [3.8, 4) is 17.0 Å². The van der Waals surface area contributed by atoms with Gasteiger partial charge in [-0.2, -0.15) is 0 Å². The first-order valence-corrected chi connectivity index (χ1v) is 10.4. The Hall–Kier alpha value is -3.12. The summed E-state index contributed by atoms with van der Waals surface area (Å²) in [4.78, 5) is 17.4. The van der Waals surface area contributed by atoms with Crippen molar-refractivity contribution in [3.63, 3.8) is 0 Å². The first-order valence-electron chi connectivity index (χ1n) is 9.56. The molecule has 0 spiro atoms. The zero-order valence-electron chi connectivity index (χ0n) is 16.5. The van der Waals surface area contributed by atoms with E-state index in [2.05, 4.69) is 60.0 Å². The van der Waals surface area contributed by atoms with Crippen molar-refractivity contribution in [2.45, 2.75) is 26.3 Å². The van der Waals surface area contributed by atoms with Crippen LogP contribution in [0.15, 0.2) is 65.5 Å². The van der Waals surface area contributed by atoms with Gasteiger partial charge < -0.3 is 14.6 Å². The number of ether oxygens (including phenoxy) is 1. The highest BCUT2D eigenvalue weighted by Crippen LogP contribution is 2.33. The van der Waals surface area contributed by atoms with Crippen LogP contribution in [0, 0.1) is 0 Å². The van der Waals surface area contributed by atoms with Gasteiger partial charge in [-0.3, -0.25) is 4.79 Å². The number of carbonyl (C=O) groups excluding carboxylic acids is 1. The van der Waals surface area contributed by atoms with Crippen LogP contribution in [0.5, 0.6) is 5.75 Å². The van der Waals surface area contributed by atoms with E-state index in [1.54, 1.807) is 11.3 Å². The smallest absolute Gasteiger partial charge is 0.262 e. The van der Waals surface area contributed by atoms with E-state index in [1.807, 2.05) is 24.3 Å². The van der Waals surface area contributed by atoms with Crippen LogP contribution in [0.4, 0.5) is 11.4 Å². The summed E-state index contributed by atoms with van der Waals surface area (Å²) in [5.74, 6) is 1.05. The number of amides is 1. The maximum Gasteiger partial charge on any atom is 0.262 e. The molecule has 1 N–H and O–H groups in total. The van der Waals surface area contributed by atoms with Gasteiger partial charge in [0.1, 0.15) is 5.75 Å². The van der Waals surface area contributed by atoms with Gasteiger partial charge in [-0.1, -0.05) is 32.1 Å². The van der Waals surface area contributed by atoms with Crippen LogP contribution in [0.3, 0.4) is 0 Å². The van der Waals surface area contributed by atoms with Crippen molar-refractivity contribution >= 4 is 28.6 Å². The molecule has 0 bridgehead atoms. The molecule has 29 heavy (non-hydrogen) atoms. The van der Waals surface area contributed by atoms with E-state index in [0.717, 1.165) is 21.7 Å². The Balaban J connectivity index is 1.74. The zero-order chi connectivity index (χ0) is 20.4. The normalized spacial score (nSPS) is 13.8. The van der Waals surface area contributed by atoms with Gasteiger partial charge in [0.25, 0.3) is 5.91 Å². The number of nitrogens with zero attached hydrogens (tertiary/aromatic N) is 2. The third-order valence-electron chi connectivity index (χ3n) is 4.80. The predicted octanol–water partition coefficient (Wildman–Crippen LogP) is 5.09. The van der Waals surface area contributed by atoms with Crippen LogP contribution in [-0.4, -0.2) is 17.1 Å². The molecule has 6 heteroatoms. The van der Waals surface area contributed by atoms with E-state index in [9.17, 15) is 4.79 Å². The molecule has 1 aliphatic rings. The first-order chi connectivity index (χ1) is 14.0. The van der Waals surface area contributed by atoms with Gasteiger partial charge in [0, 0.05) is 17.5 Å². The average Bonchev–Trinajstić information content (AvgIpc) is 3.10. The van der Waals surface area contributed by atoms with Crippen LogP contribution in [0.1, 0.15) is 25.3 Å². The number of rotatable bonds is 5. The van der Waals surface area contributed by atoms with Crippen molar-refractivity contribution in [3.05, 3.63) is 70.9 Å². The van der Waals surface area contributed by atoms with Crippen molar-refractivity contribution in [1.82, 2.24) is 4.57 Å². The van der Waals surface area contributed by atoms with Crippen molar-refractivity contribution in [2.75, 3.05) is 11.9 Å². The third-order valence-corrected chi connectivity index (χ3v) is 5.67. The topological polar surface area (TPSA) is 55.6 Å². The third kappa shape index (κ3) is 4.03. The lowest BCUT2D eigenvalue weighted by atomic mass is 10.0. The van der Waals surface area contributed by atoms with Gasteiger partial charge in [0.05, 0.1) is 17.1 Å². The Labute approximate surface area is 174 Å². The number of allylic oxidation sites excluding steroid dienone is 1. The minimum Gasteiger partial charge on any atom is -0.482 e. The summed E-state index contributed by atoms with van der Waals surface area (Å²) in [5.41, 5.74) is 4.93. The van der Waals surface area contributed by atoms with Gasteiger partial charge in [-0.15, -0.1) is 17.9 Å². The number of benzene rings is 2. The molecular weight excluding hydrogens is 382 g/mol. The summed E-state index contributed by atoms with van der Waals surface area (Å²) in [6.07, 6.45) is 1.86. The molecule has 1 amide bonds. The Bertz CT molecular complexity index is 1120. The van der Waals surface area contributed by atoms with Gasteiger partial charge in [-0.25, -0.2) is 4.99 Å². The minimum absolute atomic E-state index is 0.0554. The molecule has 0 saturated carbocycles. The SMILES string of the molecule is C=CCn1c(-c2ccc3c(c2)NC(=O)CO3)csc1=Nc1ccc(C(C)C)cc1.